The van der Waals surface area contributed by atoms with Crippen molar-refractivity contribution in [2.45, 2.75) is 77.9 Å². The average molecular weight is 595 g/mol. The van der Waals surface area contributed by atoms with E-state index in [1.165, 1.54) is 60.8 Å². The van der Waals surface area contributed by atoms with Gasteiger partial charge in [-0.1, -0.05) is 98.5 Å². The van der Waals surface area contributed by atoms with Crippen molar-refractivity contribution in [1.29, 1.82) is 0 Å². The molecular weight excluding hydrogens is 544 g/mol. The maximum atomic E-state index is 5.94. The summed E-state index contributed by atoms with van der Waals surface area (Å²) < 4.78 is 11.9. The molecule has 0 unspecified atom stereocenters. The summed E-state index contributed by atoms with van der Waals surface area (Å²) in [7, 11) is 0. The van der Waals surface area contributed by atoms with Gasteiger partial charge in [0.1, 0.15) is 24.7 Å². The fourth-order valence-corrected chi connectivity index (χ4v) is 5.11. The molecule has 0 atom stereocenters. The van der Waals surface area contributed by atoms with Crippen LogP contribution in [0.15, 0.2) is 97.1 Å². The van der Waals surface area contributed by atoms with E-state index in [1.807, 2.05) is 48.5 Å². The zero-order valence-electron chi connectivity index (χ0n) is 26.1. The Kier molecular flexibility index (Phi) is 14.8. The van der Waals surface area contributed by atoms with Crippen LogP contribution < -0.4 is 31.6 Å². The van der Waals surface area contributed by atoms with E-state index >= 15 is 0 Å². The summed E-state index contributed by atoms with van der Waals surface area (Å²) in [6.45, 7) is 6.14. The standard InChI is InChI=1S/C38H50N4O2/c39-25-31-13-17-37(18-14-31)43-29-35-11-7-9-33(23-35)27-41-21-5-3-1-2-4-6-22-42-28-34-10-8-12-36(24-34)30-44-38-19-15-32(26-40)16-20-38/h7-20,23-24,41-42H,1-6,21-22,25-30,39-40H2. The van der Waals surface area contributed by atoms with Crippen molar-refractivity contribution in [3.63, 3.8) is 0 Å². The number of nitrogens with two attached hydrogens (primary N) is 2. The Labute approximate surface area is 264 Å². The molecule has 0 aromatic heterocycles. The third-order valence-corrected chi connectivity index (χ3v) is 7.73. The van der Waals surface area contributed by atoms with Crippen molar-refractivity contribution in [1.82, 2.24) is 10.6 Å². The van der Waals surface area contributed by atoms with Crippen LogP contribution in [0.25, 0.3) is 0 Å². The van der Waals surface area contributed by atoms with Gasteiger partial charge in [0, 0.05) is 26.2 Å². The second kappa shape index (κ2) is 19.6. The summed E-state index contributed by atoms with van der Waals surface area (Å²) >= 11 is 0. The van der Waals surface area contributed by atoms with Crippen molar-refractivity contribution >= 4 is 0 Å². The molecule has 0 saturated carbocycles. The maximum absolute atomic E-state index is 5.94. The zero-order chi connectivity index (χ0) is 30.7. The molecule has 0 fully saturated rings. The molecule has 6 N–H and O–H groups in total. The highest BCUT2D eigenvalue weighted by molar-refractivity contribution is 5.30. The minimum absolute atomic E-state index is 0.551. The first-order chi connectivity index (χ1) is 21.7. The molecule has 234 valence electrons. The van der Waals surface area contributed by atoms with Crippen molar-refractivity contribution in [3.05, 3.63) is 130 Å². The Balaban J connectivity index is 0.979. The predicted octanol–water partition coefficient (Wildman–Crippen LogP) is 6.98. The topological polar surface area (TPSA) is 94.6 Å². The number of hydrogen-bond acceptors (Lipinski definition) is 6. The van der Waals surface area contributed by atoms with Gasteiger partial charge in [-0.25, -0.2) is 0 Å². The lowest BCUT2D eigenvalue weighted by molar-refractivity contribution is 0.306. The van der Waals surface area contributed by atoms with Crippen molar-refractivity contribution < 1.29 is 9.47 Å². The smallest absolute Gasteiger partial charge is 0.119 e. The van der Waals surface area contributed by atoms with Crippen LogP contribution >= 0.6 is 0 Å². The zero-order valence-corrected chi connectivity index (χ0v) is 26.1. The van der Waals surface area contributed by atoms with Gasteiger partial charge in [0.05, 0.1) is 0 Å². The van der Waals surface area contributed by atoms with E-state index in [4.69, 9.17) is 20.9 Å². The molecule has 0 aliphatic carbocycles. The van der Waals surface area contributed by atoms with E-state index in [-0.39, 0.29) is 0 Å². The molecule has 0 aliphatic rings. The Morgan fingerprint density at radius 1 is 0.432 bits per heavy atom. The van der Waals surface area contributed by atoms with Gasteiger partial charge in [0.15, 0.2) is 0 Å². The molecule has 0 amide bonds. The summed E-state index contributed by atoms with van der Waals surface area (Å²) in [6, 6.07) is 33.2. The molecule has 0 aliphatic heterocycles. The van der Waals surface area contributed by atoms with Gasteiger partial charge in [-0.2, -0.15) is 0 Å². The normalized spacial score (nSPS) is 11.0. The minimum atomic E-state index is 0.551. The fourth-order valence-electron chi connectivity index (χ4n) is 5.11. The first-order valence-electron chi connectivity index (χ1n) is 16.1. The van der Waals surface area contributed by atoms with E-state index in [9.17, 15) is 0 Å². The lowest BCUT2D eigenvalue weighted by atomic mass is 10.1. The first-order valence-corrected chi connectivity index (χ1v) is 16.1. The Hall–Kier alpha value is -3.68. The van der Waals surface area contributed by atoms with Crippen LogP contribution in [0, 0.1) is 0 Å². The van der Waals surface area contributed by atoms with Gasteiger partial charge in [-0.05, 0) is 83.6 Å². The quantitative estimate of drug-likeness (QED) is 0.0778. The molecule has 0 saturated heterocycles. The van der Waals surface area contributed by atoms with Crippen LogP contribution in [0.1, 0.15) is 71.9 Å². The number of rotatable bonds is 21. The summed E-state index contributed by atoms with van der Waals surface area (Å²) in [5.41, 5.74) is 18.5. The van der Waals surface area contributed by atoms with Gasteiger partial charge in [0.2, 0.25) is 0 Å². The van der Waals surface area contributed by atoms with Crippen molar-refractivity contribution in [3.8, 4) is 11.5 Å². The molecular formula is C38H50N4O2. The minimum Gasteiger partial charge on any atom is -0.489 e. The Bertz CT molecular complexity index is 1240. The van der Waals surface area contributed by atoms with E-state index < -0.39 is 0 Å². The third-order valence-electron chi connectivity index (χ3n) is 7.73. The third kappa shape index (κ3) is 12.5. The van der Waals surface area contributed by atoms with Crippen molar-refractivity contribution in [2.75, 3.05) is 13.1 Å². The lowest BCUT2D eigenvalue weighted by Crippen LogP contribution is -2.15. The van der Waals surface area contributed by atoms with Crippen molar-refractivity contribution in [2.24, 2.45) is 11.5 Å². The summed E-state index contributed by atoms with van der Waals surface area (Å²) in [5, 5.41) is 7.20. The monoisotopic (exact) mass is 594 g/mol. The largest absolute Gasteiger partial charge is 0.489 e. The molecule has 44 heavy (non-hydrogen) atoms. The molecule has 4 aromatic carbocycles. The highest BCUT2D eigenvalue weighted by atomic mass is 16.5. The van der Waals surface area contributed by atoms with E-state index in [1.54, 1.807) is 0 Å². The molecule has 0 spiro atoms. The molecule has 0 bridgehead atoms. The van der Waals surface area contributed by atoms with E-state index in [2.05, 4.69) is 59.2 Å². The summed E-state index contributed by atoms with van der Waals surface area (Å²) in [4.78, 5) is 0. The van der Waals surface area contributed by atoms with Crippen LogP contribution in [0.4, 0.5) is 0 Å². The summed E-state index contributed by atoms with van der Waals surface area (Å²) in [6.07, 6.45) is 7.61. The van der Waals surface area contributed by atoms with Gasteiger partial charge >= 0.3 is 0 Å². The van der Waals surface area contributed by atoms with Crippen LogP contribution in [-0.4, -0.2) is 13.1 Å². The Morgan fingerprint density at radius 3 is 1.23 bits per heavy atom. The molecule has 0 heterocycles. The van der Waals surface area contributed by atoms with Crippen LogP contribution in [0.2, 0.25) is 0 Å². The van der Waals surface area contributed by atoms with E-state index in [0.29, 0.717) is 26.3 Å². The maximum Gasteiger partial charge on any atom is 0.119 e. The number of benzene rings is 4. The molecule has 4 rings (SSSR count). The van der Waals surface area contributed by atoms with E-state index in [0.717, 1.165) is 48.8 Å². The van der Waals surface area contributed by atoms with Gasteiger partial charge in [0.25, 0.3) is 0 Å². The fraction of sp³-hybridized carbons (Fsp3) is 0.368. The SMILES string of the molecule is NCc1ccc(OCc2cccc(CNCCCCCCCCNCc3cccc(COc4ccc(CN)cc4)c3)c2)cc1. The molecule has 6 heteroatoms. The Morgan fingerprint density at radius 2 is 0.818 bits per heavy atom. The van der Waals surface area contributed by atoms with Gasteiger partial charge in [-0.3, -0.25) is 0 Å². The highest BCUT2D eigenvalue weighted by Gasteiger charge is 2.01. The number of unbranched alkanes of at least 4 members (excludes halogenated alkanes) is 5. The lowest BCUT2D eigenvalue weighted by Gasteiger charge is -2.10. The number of ether oxygens (including phenoxy) is 2. The molecule has 4 aromatic rings. The predicted molar refractivity (Wildman–Crippen MR) is 181 cm³/mol. The van der Waals surface area contributed by atoms with Gasteiger partial charge in [-0.15, -0.1) is 0 Å². The van der Waals surface area contributed by atoms with Crippen LogP contribution in [-0.2, 0) is 39.4 Å². The van der Waals surface area contributed by atoms with Crippen LogP contribution in [0.5, 0.6) is 11.5 Å². The molecule has 6 nitrogen and oxygen atoms in total. The van der Waals surface area contributed by atoms with Gasteiger partial charge < -0.3 is 31.6 Å². The first kappa shape index (κ1) is 33.2. The second-order valence-electron chi connectivity index (χ2n) is 11.4. The summed E-state index contributed by atoms with van der Waals surface area (Å²) in [5.74, 6) is 1.74. The van der Waals surface area contributed by atoms with Crippen LogP contribution in [0.3, 0.4) is 0 Å². The number of nitrogens with one attached hydrogen (secondary N) is 2. The highest BCUT2D eigenvalue weighted by Crippen LogP contribution is 2.16. The average Bonchev–Trinajstić information content (AvgIpc) is 3.07. The molecule has 0 radical (unpaired) electrons. The number of hydrogen-bond donors (Lipinski definition) is 4. The second-order valence-corrected chi connectivity index (χ2v) is 11.4.